The van der Waals surface area contributed by atoms with Crippen LogP contribution in [0.2, 0.25) is 0 Å². The van der Waals surface area contributed by atoms with Gasteiger partial charge in [0.25, 0.3) is 0 Å². The second-order valence-electron chi connectivity index (χ2n) is 7.35. The molecule has 1 aliphatic carbocycles. The van der Waals surface area contributed by atoms with Gasteiger partial charge in [-0.25, -0.2) is 8.42 Å². The average molecular weight is 421 g/mol. The SMILES string of the molecule is CCn1c(SCC(=O)c2ccc3c(c2)CCCN3S(C)(=O)=O)nnc1C1CC1. The number of anilines is 1. The number of rotatable bonds is 7. The van der Waals surface area contributed by atoms with Crippen molar-refractivity contribution in [3.05, 3.63) is 35.2 Å². The van der Waals surface area contributed by atoms with Crippen LogP contribution >= 0.6 is 11.8 Å². The number of nitrogens with zero attached hydrogens (tertiary/aromatic N) is 4. The summed E-state index contributed by atoms with van der Waals surface area (Å²) in [5.41, 5.74) is 2.23. The number of hydrogen-bond donors (Lipinski definition) is 0. The molecule has 1 aromatic carbocycles. The van der Waals surface area contributed by atoms with Crippen LogP contribution < -0.4 is 4.31 Å². The Morgan fingerprint density at radius 2 is 2.07 bits per heavy atom. The maximum Gasteiger partial charge on any atom is 0.232 e. The number of carbonyl (C=O) groups excluding carboxylic acids is 1. The lowest BCUT2D eigenvalue weighted by Crippen LogP contribution is -2.34. The van der Waals surface area contributed by atoms with Crippen molar-refractivity contribution in [3.8, 4) is 0 Å². The van der Waals surface area contributed by atoms with E-state index in [1.54, 1.807) is 12.1 Å². The lowest BCUT2D eigenvalue weighted by atomic mass is 9.99. The number of Topliss-reactive ketones (excluding diaryl/α,β-unsaturated/α-hetero) is 1. The normalized spacial score (nSPS) is 16.9. The molecule has 9 heteroatoms. The highest BCUT2D eigenvalue weighted by Gasteiger charge is 2.30. The molecule has 2 aliphatic rings. The molecule has 1 saturated carbocycles. The van der Waals surface area contributed by atoms with Gasteiger partial charge in [-0.2, -0.15) is 0 Å². The lowest BCUT2D eigenvalue weighted by Gasteiger charge is -2.29. The number of thioether (sulfide) groups is 1. The van der Waals surface area contributed by atoms with Gasteiger partial charge in [0, 0.05) is 24.6 Å². The van der Waals surface area contributed by atoms with E-state index in [0.29, 0.717) is 23.7 Å². The zero-order chi connectivity index (χ0) is 19.9. The molecule has 0 saturated heterocycles. The second-order valence-corrected chi connectivity index (χ2v) is 10.2. The molecule has 0 bridgehead atoms. The fraction of sp³-hybridized carbons (Fsp3) is 0.526. The number of hydrogen-bond acceptors (Lipinski definition) is 6. The van der Waals surface area contributed by atoms with Crippen molar-refractivity contribution in [2.45, 2.75) is 50.2 Å². The molecule has 0 amide bonds. The summed E-state index contributed by atoms with van der Waals surface area (Å²) in [4.78, 5) is 12.7. The molecule has 0 unspecified atom stereocenters. The second kappa shape index (κ2) is 7.51. The molecule has 1 aliphatic heterocycles. The van der Waals surface area contributed by atoms with Gasteiger partial charge in [0.05, 0.1) is 17.7 Å². The van der Waals surface area contributed by atoms with Gasteiger partial charge in [0.2, 0.25) is 10.0 Å². The maximum absolute atomic E-state index is 12.7. The maximum atomic E-state index is 12.7. The molecular weight excluding hydrogens is 396 g/mol. The highest BCUT2D eigenvalue weighted by molar-refractivity contribution is 7.99. The summed E-state index contributed by atoms with van der Waals surface area (Å²) >= 11 is 1.42. The molecule has 0 spiro atoms. The van der Waals surface area contributed by atoms with Crippen LogP contribution in [0.5, 0.6) is 0 Å². The number of sulfonamides is 1. The van der Waals surface area contributed by atoms with E-state index < -0.39 is 10.0 Å². The number of ketones is 1. The summed E-state index contributed by atoms with van der Waals surface area (Å²) in [5.74, 6) is 1.86. The summed E-state index contributed by atoms with van der Waals surface area (Å²) in [6.45, 7) is 3.36. The number of fused-ring (bicyclic) bond motifs is 1. The summed E-state index contributed by atoms with van der Waals surface area (Å²) in [6.07, 6.45) is 5.10. The lowest BCUT2D eigenvalue weighted by molar-refractivity contribution is 0.102. The minimum Gasteiger partial charge on any atom is -0.306 e. The Labute approximate surface area is 169 Å². The van der Waals surface area contributed by atoms with E-state index in [1.165, 1.54) is 35.2 Å². The Hall–Kier alpha value is -1.87. The van der Waals surface area contributed by atoms with E-state index in [1.807, 2.05) is 6.07 Å². The summed E-state index contributed by atoms with van der Waals surface area (Å²) in [6, 6.07) is 5.33. The van der Waals surface area contributed by atoms with Crippen LogP contribution in [-0.2, 0) is 23.0 Å². The third-order valence-electron chi connectivity index (χ3n) is 5.21. The van der Waals surface area contributed by atoms with Gasteiger partial charge in [0.15, 0.2) is 10.9 Å². The van der Waals surface area contributed by atoms with E-state index in [2.05, 4.69) is 21.7 Å². The third kappa shape index (κ3) is 3.82. The van der Waals surface area contributed by atoms with E-state index in [0.717, 1.165) is 35.9 Å². The van der Waals surface area contributed by atoms with Crippen molar-refractivity contribution < 1.29 is 13.2 Å². The molecular formula is C19H24N4O3S2. The predicted octanol–water partition coefficient (Wildman–Crippen LogP) is 2.86. The van der Waals surface area contributed by atoms with Gasteiger partial charge in [-0.3, -0.25) is 9.10 Å². The molecule has 0 atom stereocenters. The number of carbonyl (C=O) groups is 1. The fourth-order valence-corrected chi connectivity index (χ4v) is 5.54. The quantitative estimate of drug-likeness (QED) is 0.506. The first-order chi connectivity index (χ1) is 13.4. The molecule has 150 valence electrons. The van der Waals surface area contributed by atoms with Crippen molar-refractivity contribution in [2.75, 3.05) is 22.9 Å². The predicted molar refractivity (Wildman–Crippen MR) is 110 cm³/mol. The first kappa shape index (κ1) is 19.4. The Morgan fingerprint density at radius 1 is 1.29 bits per heavy atom. The van der Waals surface area contributed by atoms with E-state index >= 15 is 0 Å². The summed E-state index contributed by atoms with van der Waals surface area (Å²) < 4.78 is 27.5. The standard InChI is InChI=1S/C19H24N4O3S2/c1-3-22-18(13-6-7-13)20-21-19(22)27-12-17(24)15-8-9-16-14(11-15)5-4-10-23(16)28(2,25)26/h8-9,11,13H,3-7,10,12H2,1-2H3. The van der Waals surface area contributed by atoms with Crippen molar-refractivity contribution in [1.82, 2.24) is 14.8 Å². The highest BCUT2D eigenvalue weighted by atomic mass is 32.2. The summed E-state index contributed by atoms with van der Waals surface area (Å²) in [5, 5.41) is 9.37. The van der Waals surface area contributed by atoms with Gasteiger partial charge in [-0.05, 0) is 56.4 Å². The minimum absolute atomic E-state index is 0.0166. The third-order valence-corrected chi connectivity index (χ3v) is 7.36. The Kier molecular flexibility index (Phi) is 5.22. The number of benzene rings is 1. The average Bonchev–Trinajstić information content (AvgIpc) is 3.44. The van der Waals surface area contributed by atoms with Crippen molar-refractivity contribution in [2.24, 2.45) is 0 Å². The van der Waals surface area contributed by atoms with Crippen LogP contribution in [0, 0.1) is 0 Å². The fourth-order valence-electron chi connectivity index (χ4n) is 3.64. The minimum atomic E-state index is -3.30. The van der Waals surface area contributed by atoms with Crippen molar-refractivity contribution in [1.29, 1.82) is 0 Å². The van der Waals surface area contributed by atoms with Gasteiger partial charge in [-0.15, -0.1) is 10.2 Å². The molecule has 28 heavy (non-hydrogen) atoms. The van der Waals surface area contributed by atoms with Gasteiger partial charge < -0.3 is 4.57 Å². The van der Waals surface area contributed by atoms with Crippen LogP contribution in [0.25, 0.3) is 0 Å². The molecule has 4 rings (SSSR count). The molecule has 2 aromatic rings. The van der Waals surface area contributed by atoms with Crippen LogP contribution in [0.3, 0.4) is 0 Å². The Balaban J connectivity index is 1.49. The molecule has 0 radical (unpaired) electrons. The number of aryl methyl sites for hydroxylation is 1. The van der Waals surface area contributed by atoms with Crippen molar-refractivity contribution >= 4 is 33.3 Å². The van der Waals surface area contributed by atoms with Crippen LogP contribution in [0.1, 0.15) is 53.8 Å². The molecule has 0 N–H and O–H groups in total. The zero-order valence-electron chi connectivity index (χ0n) is 16.1. The van der Waals surface area contributed by atoms with Crippen LogP contribution in [0.15, 0.2) is 23.4 Å². The van der Waals surface area contributed by atoms with E-state index in [-0.39, 0.29) is 11.5 Å². The van der Waals surface area contributed by atoms with E-state index in [4.69, 9.17) is 0 Å². The monoisotopic (exact) mass is 420 g/mol. The molecule has 1 aromatic heterocycles. The van der Waals surface area contributed by atoms with Crippen molar-refractivity contribution in [3.63, 3.8) is 0 Å². The Bertz CT molecular complexity index is 1010. The Morgan fingerprint density at radius 3 is 2.75 bits per heavy atom. The van der Waals surface area contributed by atoms with Crippen LogP contribution in [-0.4, -0.2) is 47.5 Å². The van der Waals surface area contributed by atoms with Gasteiger partial charge in [-0.1, -0.05) is 11.8 Å². The van der Waals surface area contributed by atoms with Gasteiger partial charge >= 0.3 is 0 Å². The summed E-state index contributed by atoms with van der Waals surface area (Å²) in [7, 11) is -3.30. The zero-order valence-corrected chi connectivity index (χ0v) is 17.7. The van der Waals surface area contributed by atoms with Crippen LogP contribution in [0.4, 0.5) is 5.69 Å². The number of aromatic nitrogens is 3. The molecule has 7 nitrogen and oxygen atoms in total. The highest BCUT2D eigenvalue weighted by Crippen LogP contribution is 2.40. The molecule has 2 heterocycles. The largest absolute Gasteiger partial charge is 0.306 e. The first-order valence-electron chi connectivity index (χ1n) is 9.58. The molecule has 1 fully saturated rings. The smallest absolute Gasteiger partial charge is 0.232 e. The first-order valence-corrected chi connectivity index (χ1v) is 12.4. The topological polar surface area (TPSA) is 85.2 Å². The van der Waals surface area contributed by atoms with Gasteiger partial charge in [0.1, 0.15) is 5.82 Å². The van der Waals surface area contributed by atoms with E-state index in [9.17, 15) is 13.2 Å².